The van der Waals surface area contributed by atoms with Gasteiger partial charge in [-0.25, -0.2) is 4.79 Å². The van der Waals surface area contributed by atoms with E-state index in [0.717, 1.165) is 29.7 Å². The zero-order chi connectivity index (χ0) is 19.2. The maximum absolute atomic E-state index is 12.5. The minimum atomic E-state index is -0.975. The summed E-state index contributed by atoms with van der Waals surface area (Å²) in [6, 6.07) is 14.3. The van der Waals surface area contributed by atoms with E-state index in [4.69, 9.17) is 5.11 Å². The van der Waals surface area contributed by atoms with E-state index in [1.54, 1.807) is 17.0 Å². The lowest BCUT2D eigenvalue weighted by Gasteiger charge is -2.29. The van der Waals surface area contributed by atoms with Crippen LogP contribution in [0.25, 0.3) is 0 Å². The first-order valence-corrected chi connectivity index (χ1v) is 9.02. The van der Waals surface area contributed by atoms with Gasteiger partial charge >= 0.3 is 5.97 Å². The minimum Gasteiger partial charge on any atom is -0.478 e. The van der Waals surface area contributed by atoms with E-state index >= 15 is 0 Å². The Hall–Kier alpha value is -3.15. The molecule has 2 N–H and O–H groups in total. The highest BCUT2D eigenvalue weighted by Gasteiger charge is 2.22. The number of anilines is 1. The average Bonchev–Trinajstić information content (AvgIpc) is 2.70. The largest absolute Gasteiger partial charge is 0.478 e. The second-order valence-corrected chi connectivity index (χ2v) is 6.56. The van der Waals surface area contributed by atoms with Gasteiger partial charge in [-0.1, -0.05) is 30.3 Å². The van der Waals surface area contributed by atoms with E-state index in [9.17, 15) is 14.4 Å². The third kappa shape index (κ3) is 4.73. The van der Waals surface area contributed by atoms with Gasteiger partial charge in [-0.05, 0) is 48.6 Å². The summed E-state index contributed by atoms with van der Waals surface area (Å²) in [4.78, 5) is 37.1. The summed E-state index contributed by atoms with van der Waals surface area (Å²) in [5.41, 5.74) is 3.19. The molecular weight excluding hydrogens is 344 g/mol. The maximum Gasteiger partial charge on any atom is 0.335 e. The third-order valence-corrected chi connectivity index (χ3v) is 4.69. The highest BCUT2D eigenvalue weighted by Crippen LogP contribution is 2.26. The van der Waals surface area contributed by atoms with Crippen molar-refractivity contribution in [3.05, 3.63) is 65.2 Å². The van der Waals surface area contributed by atoms with Gasteiger partial charge in [0.2, 0.25) is 11.8 Å². The molecule has 0 saturated carbocycles. The smallest absolute Gasteiger partial charge is 0.335 e. The molecule has 27 heavy (non-hydrogen) atoms. The first-order valence-electron chi connectivity index (χ1n) is 9.02. The fraction of sp³-hybridized carbons (Fsp3) is 0.286. The first kappa shape index (κ1) is 18.6. The Balaban J connectivity index is 1.48. The summed E-state index contributed by atoms with van der Waals surface area (Å²) in [5, 5.41) is 11.6. The van der Waals surface area contributed by atoms with Crippen LogP contribution < -0.4 is 10.2 Å². The zero-order valence-corrected chi connectivity index (χ0v) is 15.0. The van der Waals surface area contributed by atoms with E-state index in [2.05, 4.69) is 5.32 Å². The summed E-state index contributed by atoms with van der Waals surface area (Å²) in [5.74, 6) is -1.28. The average molecular weight is 366 g/mol. The third-order valence-electron chi connectivity index (χ3n) is 4.69. The molecule has 1 aliphatic rings. The predicted molar refractivity (Wildman–Crippen MR) is 102 cm³/mol. The SMILES string of the molecule is O=C(CCc1ccc(C(=O)O)cc1)NCC(=O)N1CCCc2ccccc21. The topological polar surface area (TPSA) is 86.7 Å². The molecule has 2 amide bonds. The molecule has 1 aliphatic heterocycles. The molecule has 0 radical (unpaired) electrons. The maximum atomic E-state index is 12.5. The number of carboxylic acid groups (broad SMARTS) is 1. The van der Waals surface area contributed by atoms with E-state index in [0.29, 0.717) is 13.0 Å². The fourth-order valence-corrected chi connectivity index (χ4v) is 3.22. The molecular formula is C21H22N2O4. The highest BCUT2D eigenvalue weighted by atomic mass is 16.4. The molecule has 0 saturated heterocycles. The Morgan fingerprint density at radius 1 is 1.04 bits per heavy atom. The van der Waals surface area contributed by atoms with Gasteiger partial charge in [-0.15, -0.1) is 0 Å². The number of amides is 2. The Labute approximate surface area is 157 Å². The molecule has 0 atom stereocenters. The van der Waals surface area contributed by atoms with Crippen LogP contribution in [0.2, 0.25) is 0 Å². The van der Waals surface area contributed by atoms with Crippen LogP contribution in [-0.4, -0.2) is 36.0 Å². The number of benzene rings is 2. The van der Waals surface area contributed by atoms with Crippen molar-refractivity contribution in [1.82, 2.24) is 5.32 Å². The highest BCUT2D eigenvalue weighted by molar-refractivity contribution is 5.97. The van der Waals surface area contributed by atoms with Crippen LogP contribution in [0.5, 0.6) is 0 Å². The van der Waals surface area contributed by atoms with Crippen LogP contribution in [-0.2, 0) is 22.4 Å². The van der Waals surface area contributed by atoms with Crippen molar-refractivity contribution in [3.8, 4) is 0 Å². The van der Waals surface area contributed by atoms with Crippen LogP contribution in [0, 0.1) is 0 Å². The van der Waals surface area contributed by atoms with Gasteiger partial charge in [0.05, 0.1) is 12.1 Å². The number of carboxylic acids is 1. The van der Waals surface area contributed by atoms with Crippen molar-refractivity contribution in [3.63, 3.8) is 0 Å². The number of hydrogen-bond acceptors (Lipinski definition) is 3. The molecule has 0 unspecified atom stereocenters. The quantitative estimate of drug-likeness (QED) is 0.822. The zero-order valence-electron chi connectivity index (χ0n) is 15.0. The number of fused-ring (bicyclic) bond motifs is 1. The van der Waals surface area contributed by atoms with Crippen LogP contribution in [0.15, 0.2) is 48.5 Å². The Morgan fingerprint density at radius 3 is 2.52 bits per heavy atom. The summed E-state index contributed by atoms with van der Waals surface area (Å²) < 4.78 is 0. The molecule has 0 aliphatic carbocycles. The lowest BCUT2D eigenvalue weighted by Crippen LogP contribution is -2.42. The molecule has 0 fully saturated rings. The van der Waals surface area contributed by atoms with Gasteiger partial charge in [0.1, 0.15) is 0 Å². The van der Waals surface area contributed by atoms with Crippen LogP contribution in [0.3, 0.4) is 0 Å². The van der Waals surface area contributed by atoms with Gasteiger partial charge < -0.3 is 15.3 Å². The predicted octanol–water partition coefficient (Wildman–Crippen LogP) is 2.41. The number of aromatic carboxylic acids is 1. The number of para-hydroxylation sites is 1. The van der Waals surface area contributed by atoms with Gasteiger partial charge in [0.25, 0.3) is 0 Å². The first-order chi connectivity index (χ1) is 13.0. The van der Waals surface area contributed by atoms with Gasteiger partial charge in [0.15, 0.2) is 0 Å². The van der Waals surface area contributed by atoms with E-state index in [-0.39, 0.29) is 30.3 Å². The Kier molecular flexibility index (Phi) is 5.86. The standard InChI is InChI=1S/C21H22N2O4/c24-19(12-9-15-7-10-17(11-8-15)21(26)27)22-14-20(25)23-13-3-5-16-4-1-2-6-18(16)23/h1-2,4,6-8,10-11H,3,5,9,12-14H2,(H,22,24)(H,26,27). The molecule has 6 heteroatoms. The summed E-state index contributed by atoms with van der Waals surface area (Å²) >= 11 is 0. The number of aryl methyl sites for hydroxylation is 2. The van der Waals surface area contributed by atoms with Gasteiger partial charge in [0, 0.05) is 18.7 Å². The molecule has 3 rings (SSSR count). The lowest BCUT2D eigenvalue weighted by molar-refractivity contribution is -0.125. The molecule has 0 bridgehead atoms. The fourth-order valence-electron chi connectivity index (χ4n) is 3.22. The molecule has 2 aromatic carbocycles. The van der Waals surface area contributed by atoms with Crippen molar-refractivity contribution >= 4 is 23.5 Å². The van der Waals surface area contributed by atoms with Crippen molar-refractivity contribution < 1.29 is 19.5 Å². The number of carbonyl (C=O) groups is 3. The molecule has 1 heterocycles. The molecule has 0 spiro atoms. The second kappa shape index (κ2) is 8.49. The molecule has 0 aromatic heterocycles. The number of rotatable bonds is 6. The number of nitrogens with one attached hydrogen (secondary N) is 1. The Bertz CT molecular complexity index is 846. The normalized spacial score (nSPS) is 13.0. The van der Waals surface area contributed by atoms with E-state index in [1.165, 1.54) is 12.1 Å². The van der Waals surface area contributed by atoms with Crippen LogP contribution in [0.1, 0.15) is 34.3 Å². The van der Waals surface area contributed by atoms with Crippen molar-refractivity contribution in [2.75, 3.05) is 18.0 Å². The van der Waals surface area contributed by atoms with Crippen LogP contribution in [0.4, 0.5) is 5.69 Å². The minimum absolute atomic E-state index is 0.0227. The van der Waals surface area contributed by atoms with E-state index in [1.807, 2.05) is 24.3 Å². The number of nitrogens with zero attached hydrogens (tertiary/aromatic N) is 1. The van der Waals surface area contributed by atoms with Gasteiger partial charge in [-0.2, -0.15) is 0 Å². The van der Waals surface area contributed by atoms with Crippen molar-refractivity contribution in [2.24, 2.45) is 0 Å². The number of hydrogen-bond donors (Lipinski definition) is 2. The molecule has 140 valence electrons. The van der Waals surface area contributed by atoms with Gasteiger partial charge in [-0.3, -0.25) is 9.59 Å². The molecule has 2 aromatic rings. The summed E-state index contributed by atoms with van der Waals surface area (Å²) in [6.45, 7) is 0.646. The monoisotopic (exact) mass is 366 g/mol. The summed E-state index contributed by atoms with van der Waals surface area (Å²) in [7, 11) is 0. The van der Waals surface area contributed by atoms with Crippen molar-refractivity contribution in [2.45, 2.75) is 25.7 Å². The summed E-state index contributed by atoms with van der Waals surface area (Å²) in [6.07, 6.45) is 2.62. The van der Waals surface area contributed by atoms with E-state index < -0.39 is 5.97 Å². The Morgan fingerprint density at radius 2 is 1.78 bits per heavy atom. The number of carbonyl (C=O) groups excluding carboxylic acids is 2. The lowest BCUT2D eigenvalue weighted by atomic mass is 10.0. The van der Waals surface area contributed by atoms with Crippen LogP contribution >= 0.6 is 0 Å². The molecule has 6 nitrogen and oxygen atoms in total. The second-order valence-electron chi connectivity index (χ2n) is 6.56. The van der Waals surface area contributed by atoms with Crippen molar-refractivity contribution in [1.29, 1.82) is 0 Å².